The van der Waals surface area contributed by atoms with Gasteiger partial charge in [-0.05, 0) is 70.3 Å². The average molecular weight is 783 g/mol. The largest absolute Gasteiger partial charge is 0.498 e. The molecule has 0 bridgehead atoms. The van der Waals surface area contributed by atoms with Gasteiger partial charge in [0.2, 0.25) is 0 Å². The van der Waals surface area contributed by atoms with E-state index >= 15 is 0 Å². The van der Waals surface area contributed by atoms with E-state index in [0.29, 0.717) is 17.4 Å². The number of likely N-dealkylation sites (N-methyl/N-ethyl adjacent to an activating group) is 1. The zero-order valence-electron chi connectivity index (χ0n) is 34.9. The molecule has 2 N–H and O–H groups in total. The first-order chi connectivity index (χ1) is 26.1. The van der Waals surface area contributed by atoms with Crippen LogP contribution < -0.4 is 0 Å². The molecule has 314 valence electrons. The maximum Gasteiger partial charge on any atom is 0.472 e. The number of ether oxygens (including phenoxy) is 2. The van der Waals surface area contributed by atoms with Crippen molar-refractivity contribution in [3.8, 4) is 0 Å². The van der Waals surface area contributed by atoms with Crippen molar-refractivity contribution in [1.82, 2.24) is 0 Å². The van der Waals surface area contributed by atoms with Gasteiger partial charge in [-0.1, -0.05) is 133 Å². The maximum absolute atomic E-state index is 12.6. The molecule has 0 radical (unpaired) electrons. The summed E-state index contributed by atoms with van der Waals surface area (Å²) < 4.78 is 34.6. The fraction of sp³-hybridized carbons (Fsp3) is 0.750. The molecule has 0 aromatic rings. The van der Waals surface area contributed by atoms with E-state index in [9.17, 15) is 14.3 Å². The van der Waals surface area contributed by atoms with E-state index in [1.807, 2.05) is 27.2 Å². The number of aliphatic hydroxyl groups is 1. The highest BCUT2D eigenvalue weighted by Gasteiger charge is 2.26. The summed E-state index contributed by atoms with van der Waals surface area (Å²) in [5.41, 5.74) is 0. The topological polar surface area (TPSA) is 112 Å². The first kappa shape index (κ1) is 52.0. The molecule has 2 atom stereocenters. The summed E-state index contributed by atoms with van der Waals surface area (Å²) in [4.78, 5) is 22.8. The van der Waals surface area contributed by atoms with Crippen LogP contribution >= 0.6 is 7.82 Å². The summed E-state index contributed by atoms with van der Waals surface area (Å²) in [6.45, 7) is 2.86. The van der Waals surface area contributed by atoms with Gasteiger partial charge in [0, 0.05) is 13.0 Å². The molecule has 0 aliphatic rings. The van der Waals surface area contributed by atoms with Crippen LogP contribution in [0.4, 0.5) is 0 Å². The van der Waals surface area contributed by atoms with Gasteiger partial charge in [-0.25, -0.2) is 4.57 Å². The van der Waals surface area contributed by atoms with Gasteiger partial charge in [-0.3, -0.25) is 13.8 Å². The number of aliphatic hydroxyl groups excluding tert-OH is 1. The number of phosphoric acid groups is 1. The molecular formula is C44H81NO8P+. The summed E-state index contributed by atoms with van der Waals surface area (Å²) in [7, 11) is 1.58. The molecule has 0 spiro atoms. The van der Waals surface area contributed by atoms with E-state index in [4.69, 9.17) is 23.6 Å². The molecule has 0 aromatic heterocycles. The van der Waals surface area contributed by atoms with Crippen LogP contribution in [0.2, 0.25) is 0 Å². The molecule has 0 aliphatic carbocycles. The molecular weight excluding hydrogens is 701 g/mol. The lowest BCUT2D eigenvalue weighted by Crippen LogP contribution is -2.37. The van der Waals surface area contributed by atoms with Gasteiger partial charge in [0.25, 0.3) is 0 Å². The molecule has 0 aliphatic heterocycles. The lowest BCUT2D eigenvalue weighted by molar-refractivity contribution is -0.870. The molecule has 54 heavy (non-hydrogen) atoms. The number of phosphoric ester groups is 1. The zero-order chi connectivity index (χ0) is 39.9. The third kappa shape index (κ3) is 41.2. The Kier molecular flexibility index (Phi) is 36.5. The smallest absolute Gasteiger partial charge is 0.472 e. The van der Waals surface area contributed by atoms with E-state index in [1.54, 1.807) is 6.26 Å². The first-order valence-electron chi connectivity index (χ1n) is 21.2. The summed E-state index contributed by atoms with van der Waals surface area (Å²) in [5, 5.41) is 8.80. The number of carbonyl (C=O) groups is 1. The predicted molar refractivity (Wildman–Crippen MR) is 225 cm³/mol. The van der Waals surface area contributed by atoms with Gasteiger partial charge in [-0.15, -0.1) is 0 Å². The quantitative estimate of drug-likeness (QED) is 0.0158. The third-order valence-corrected chi connectivity index (χ3v) is 9.69. The van der Waals surface area contributed by atoms with Gasteiger partial charge in [0.1, 0.15) is 19.8 Å². The Balaban J connectivity index is 4.42. The van der Waals surface area contributed by atoms with Crippen LogP contribution in [0.1, 0.15) is 155 Å². The normalized spacial score (nSPS) is 14.3. The second kappa shape index (κ2) is 37.9. The van der Waals surface area contributed by atoms with Gasteiger partial charge < -0.3 is 24.0 Å². The average Bonchev–Trinajstić information content (AvgIpc) is 3.12. The lowest BCUT2D eigenvalue weighted by atomic mass is 10.0. The Bertz CT molecular complexity index is 1050. The van der Waals surface area contributed by atoms with Crippen molar-refractivity contribution in [2.75, 3.05) is 54.1 Å². The number of nitrogens with zero attached hydrogens (tertiary/aromatic N) is 1. The van der Waals surface area contributed by atoms with E-state index in [2.05, 4.69) is 55.5 Å². The molecule has 0 rings (SSSR count). The molecule has 0 heterocycles. The summed E-state index contributed by atoms with van der Waals surface area (Å²) in [5.74, 6) is -0.400. The number of carbonyl (C=O) groups excluding carboxylic acids is 1. The Labute approximate surface area is 331 Å². The van der Waals surface area contributed by atoms with Crippen molar-refractivity contribution in [1.29, 1.82) is 0 Å². The fourth-order valence-electron chi connectivity index (χ4n) is 5.37. The van der Waals surface area contributed by atoms with E-state index < -0.39 is 19.9 Å². The summed E-state index contributed by atoms with van der Waals surface area (Å²) in [6.07, 6.45) is 45.1. The van der Waals surface area contributed by atoms with Gasteiger partial charge >= 0.3 is 13.8 Å². The Morgan fingerprint density at radius 1 is 0.630 bits per heavy atom. The van der Waals surface area contributed by atoms with Crippen LogP contribution in [-0.2, 0) is 27.9 Å². The van der Waals surface area contributed by atoms with Crippen molar-refractivity contribution in [3.63, 3.8) is 0 Å². The highest BCUT2D eigenvalue weighted by Crippen LogP contribution is 2.43. The van der Waals surface area contributed by atoms with Crippen molar-refractivity contribution >= 4 is 13.8 Å². The number of allylic oxidation sites excluding steroid dienone is 9. The van der Waals surface area contributed by atoms with Crippen LogP contribution in [0.25, 0.3) is 0 Å². The second-order valence-electron chi connectivity index (χ2n) is 15.2. The van der Waals surface area contributed by atoms with Crippen LogP contribution in [0.15, 0.2) is 60.9 Å². The summed E-state index contributed by atoms with van der Waals surface area (Å²) in [6, 6.07) is 0. The van der Waals surface area contributed by atoms with E-state index in [-0.39, 0.29) is 32.8 Å². The molecule has 1 unspecified atom stereocenters. The van der Waals surface area contributed by atoms with Gasteiger partial charge in [0.15, 0.2) is 6.10 Å². The molecule has 10 heteroatoms. The molecule has 0 saturated heterocycles. The van der Waals surface area contributed by atoms with E-state index in [1.165, 1.54) is 70.6 Å². The molecule has 0 aromatic carbocycles. The minimum Gasteiger partial charge on any atom is -0.498 e. The van der Waals surface area contributed by atoms with Crippen LogP contribution in [0, 0.1) is 0 Å². The van der Waals surface area contributed by atoms with Gasteiger partial charge in [-0.2, -0.15) is 0 Å². The van der Waals surface area contributed by atoms with Gasteiger partial charge in [0.05, 0.1) is 34.0 Å². The van der Waals surface area contributed by atoms with Crippen molar-refractivity contribution in [2.24, 2.45) is 0 Å². The minimum absolute atomic E-state index is 0.0177. The number of rotatable bonds is 39. The lowest BCUT2D eigenvalue weighted by Gasteiger charge is -2.24. The van der Waals surface area contributed by atoms with Crippen molar-refractivity contribution in [2.45, 2.75) is 161 Å². The first-order valence-corrected chi connectivity index (χ1v) is 22.7. The second-order valence-corrected chi connectivity index (χ2v) is 16.6. The van der Waals surface area contributed by atoms with Crippen molar-refractivity contribution in [3.05, 3.63) is 60.9 Å². The molecule has 0 amide bonds. The van der Waals surface area contributed by atoms with Crippen molar-refractivity contribution < 1.29 is 42.4 Å². The molecule has 9 nitrogen and oxygen atoms in total. The number of unbranched alkanes of at least 4 members (excludes halogenated alkanes) is 16. The van der Waals surface area contributed by atoms with Crippen LogP contribution in [0.3, 0.4) is 0 Å². The Morgan fingerprint density at radius 2 is 1.11 bits per heavy atom. The highest BCUT2D eigenvalue weighted by molar-refractivity contribution is 7.47. The number of hydrogen-bond donors (Lipinski definition) is 2. The van der Waals surface area contributed by atoms with E-state index in [0.717, 1.165) is 64.2 Å². The molecule has 0 saturated carbocycles. The maximum atomic E-state index is 12.6. The highest BCUT2D eigenvalue weighted by atomic mass is 31.2. The standard InChI is InChI=1S/C44H80NO8P/c1-5-6-7-8-9-10-11-12-20-23-26-29-32-35-39-50-41-43(42-52-54(48,49)51-40-37-45(2,3)4)53-44(47)36-33-30-27-24-21-18-16-14-13-15-17-19-22-25-28-31-34-38-46/h13,15-16,18-19,22,24,27,35,39,43,46H,5-12,14,17,20-21,23,25-26,28-34,36-38,40-42H2,1-4H3/p+1/b15-13-,18-16-,22-19-,27-24-,39-35+/t43-/m1/s1. The summed E-state index contributed by atoms with van der Waals surface area (Å²) >= 11 is 0. The number of quaternary nitrogens is 1. The monoisotopic (exact) mass is 783 g/mol. The number of hydrogen-bond acceptors (Lipinski definition) is 7. The van der Waals surface area contributed by atoms with Crippen LogP contribution in [-0.4, -0.2) is 80.7 Å². The fourth-order valence-corrected chi connectivity index (χ4v) is 6.11. The minimum atomic E-state index is -4.31. The van der Waals surface area contributed by atoms with Crippen LogP contribution in [0.5, 0.6) is 0 Å². The number of esters is 1. The SMILES string of the molecule is CCCCCCCCCCCCCC/C=C/OC[C@H](COP(=O)(O)OCC[N+](C)(C)C)OC(=O)CCC/C=C\C/C=C\C/C=C\C/C=C\CCCCCO. The Hall–Kier alpha value is -2.00. The molecule has 0 fully saturated rings. The predicted octanol–water partition coefficient (Wildman–Crippen LogP) is 11.5. The Morgan fingerprint density at radius 3 is 1.65 bits per heavy atom. The zero-order valence-corrected chi connectivity index (χ0v) is 35.8. The third-order valence-electron chi connectivity index (χ3n) is 8.70.